The van der Waals surface area contributed by atoms with E-state index in [0.29, 0.717) is 18.5 Å². The molecule has 0 saturated carbocycles. The summed E-state index contributed by atoms with van der Waals surface area (Å²) < 4.78 is 0. The number of nitrogens with one attached hydrogen (secondary N) is 1. The van der Waals surface area contributed by atoms with Crippen molar-refractivity contribution >= 4 is 17.6 Å². The molecule has 0 bridgehead atoms. The third-order valence-electron chi connectivity index (χ3n) is 5.73. The largest absolute Gasteiger partial charge is 0.353 e. The van der Waals surface area contributed by atoms with Gasteiger partial charge in [-0.1, -0.05) is 43.7 Å². The Hall–Kier alpha value is -2.89. The Bertz CT molecular complexity index is 815. The minimum Gasteiger partial charge on any atom is -0.353 e. The van der Waals surface area contributed by atoms with E-state index in [4.69, 9.17) is 0 Å². The Balaban J connectivity index is 1.37. The maximum absolute atomic E-state index is 12.4. The monoisotopic (exact) mass is 422 g/mol. The molecule has 0 aliphatic carbocycles. The molecule has 2 amide bonds. The molecule has 1 saturated heterocycles. The lowest BCUT2D eigenvalue weighted by molar-refractivity contribution is -0.131. The number of unbranched alkanes of at least 4 members (excludes halogenated alkanes) is 2. The zero-order chi connectivity index (χ0) is 21.9. The first-order valence-electron chi connectivity index (χ1n) is 11.5. The van der Waals surface area contributed by atoms with Gasteiger partial charge >= 0.3 is 0 Å². The van der Waals surface area contributed by atoms with Gasteiger partial charge in [0.25, 0.3) is 5.91 Å². The maximum Gasteiger partial charge on any atom is 0.252 e. The van der Waals surface area contributed by atoms with Crippen molar-refractivity contribution in [2.24, 2.45) is 0 Å². The normalized spacial score (nSPS) is 13.8. The van der Waals surface area contributed by atoms with Gasteiger partial charge in [-0.05, 0) is 43.4 Å². The van der Waals surface area contributed by atoms with Crippen LogP contribution in [0.25, 0.3) is 0 Å². The molecule has 1 fully saturated rings. The van der Waals surface area contributed by atoms with Crippen LogP contribution in [-0.4, -0.2) is 54.4 Å². The number of amides is 2. The van der Waals surface area contributed by atoms with Crippen molar-refractivity contribution in [3.8, 4) is 0 Å². The highest BCUT2D eigenvalue weighted by atomic mass is 16.2. The van der Waals surface area contributed by atoms with Crippen LogP contribution in [0.4, 0.5) is 5.82 Å². The van der Waals surface area contributed by atoms with Gasteiger partial charge in [0.15, 0.2) is 0 Å². The van der Waals surface area contributed by atoms with Crippen LogP contribution < -0.4 is 10.2 Å². The van der Waals surface area contributed by atoms with Gasteiger partial charge in [-0.25, -0.2) is 4.98 Å². The predicted octanol–water partition coefficient (Wildman–Crippen LogP) is 3.67. The van der Waals surface area contributed by atoms with Crippen LogP contribution in [-0.2, 0) is 11.2 Å². The van der Waals surface area contributed by atoms with Crippen molar-refractivity contribution in [1.82, 2.24) is 15.2 Å². The molecule has 1 aliphatic heterocycles. The van der Waals surface area contributed by atoms with Gasteiger partial charge in [0, 0.05) is 45.3 Å². The number of benzene rings is 1. The third-order valence-corrected chi connectivity index (χ3v) is 5.73. The zero-order valence-electron chi connectivity index (χ0n) is 18.6. The zero-order valence-corrected chi connectivity index (χ0v) is 18.6. The summed E-state index contributed by atoms with van der Waals surface area (Å²) in [4.78, 5) is 33.1. The molecular formula is C25H34N4O2. The van der Waals surface area contributed by atoms with Gasteiger partial charge in [0.1, 0.15) is 5.82 Å². The fourth-order valence-corrected chi connectivity index (χ4v) is 3.78. The van der Waals surface area contributed by atoms with Crippen molar-refractivity contribution in [3.63, 3.8) is 0 Å². The van der Waals surface area contributed by atoms with Crippen molar-refractivity contribution < 1.29 is 9.59 Å². The summed E-state index contributed by atoms with van der Waals surface area (Å²) in [6.45, 7) is 5.79. The Morgan fingerprint density at radius 2 is 1.74 bits per heavy atom. The van der Waals surface area contributed by atoms with E-state index in [2.05, 4.69) is 46.4 Å². The van der Waals surface area contributed by atoms with Crippen molar-refractivity contribution in [2.75, 3.05) is 37.6 Å². The quantitative estimate of drug-likeness (QED) is 0.593. The van der Waals surface area contributed by atoms with Gasteiger partial charge in [-0.2, -0.15) is 0 Å². The van der Waals surface area contributed by atoms with E-state index < -0.39 is 0 Å². The molecule has 1 aliphatic rings. The topological polar surface area (TPSA) is 65.5 Å². The SMILES string of the molecule is CCCCC(=O)N1CCN(c2ccc(C(=O)NCCCCc3ccccc3)cn2)CC1. The Morgan fingerprint density at radius 1 is 0.968 bits per heavy atom. The van der Waals surface area contributed by atoms with Gasteiger partial charge < -0.3 is 15.1 Å². The second-order valence-electron chi connectivity index (χ2n) is 8.08. The summed E-state index contributed by atoms with van der Waals surface area (Å²) in [6, 6.07) is 14.1. The first-order valence-corrected chi connectivity index (χ1v) is 11.5. The van der Waals surface area contributed by atoms with Gasteiger partial charge in [0.05, 0.1) is 5.56 Å². The van der Waals surface area contributed by atoms with E-state index in [9.17, 15) is 9.59 Å². The summed E-state index contributed by atoms with van der Waals surface area (Å²) in [7, 11) is 0. The van der Waals surface area contributed by atoms with Crippen LogP contribution in [0.15, 0.2) is 48.7 Å². The lowest BCUT2D eigenvalue weighted by Gasteiger charge is -2.35. The number of nitrogens with zero attached hydrogens (tertiary/aromatic N) is 3. The molecule has 2 heterocycles. The molecule has 3 rings (SSSR count). The lowest BCUT2D eigenvalue weighted by atomic mass is 10.1. The first kappa shape index (κ1) is 22.8. The van der Waals surface area contributed by atoms with Crippen LogP contribution in [0.3, 0.4) is 0 Å². The van der Waals surface area contributed by atoms with Crippen LogP contribution >= 0.6 is 0 Å². The second-order valence-corrected chi connectivity index (χ2v) is 8.08. The molecule has 0 unspecified atom stereocenters. The number of aryl methyl sites for hydroxylation is 1. The van der Waals surface area contributed by atoms with E-state index in [1.54, 1.807) is 6.20 Å². The number of hydrogen-bond donors (Lipinski definition) is 1. The van der Waals surface area contributed by atoms with Crippen LogP contribution in [0, 0.1) is 0 Å². The van der Waals surface area contributed by atoms with Crippen molar-refractivity contribution in [2.45, 2.75) is 45.4 Å². The maximum atomic E-state index is 12.4. The highest BCUT2D eigenvalue weighted by molar-refractivity contribution is 5.94. The number of piperazine rings is 1. The standard InChI is InChI=1S/C25H34N4O2/c1-2-3-12-24(30)29-18-16-28(17-19-29)23-14-13-22(20-27-23)25(31)26-15-8-7-11-21-9-5-4-6-10-21/h4-6,9-10,13-14,20H,2-3,7-8,11-12,15-19H2,1H3,(H,26,31). The molecule has 2 aromatic rings. The lowest BCUT2D eigenvalue weighted by Crippen LogP contribution is -2.49. The van der Waals surface area contributed by atoms with E-state index >= 15 is 0 Å². The minimum absolute atomic E-state index is 0.0786. The molecule has 0 radical (unpaired) electrons. The Labute approximate surface area is 185 Å². The molecule has 31 heavy (non-hydrogen) atoms. The molecule has 166 valence electrons. The van der Waals surface area contributed by atoms with Crippen molar-refractivity contribution in [3.05, 3.63) is 59.8 Å². The average molecular weight is 423 g/mol. The molecular weight excluding hydrogens is 388 g/mol. The highest BCUT2D eigenvalue weighted by Crippen LogP contribution is 2.15. The third kappa shape index (κ3) is 7.09. The van der Waals surface area contributed by atoms with E-state index in [0.717, 1.165) is 64.1 Å². The van der Waals surface area contributed by atoms with Crippen molar-refractivity contribution in [1.29, 1.82) is 0 Å². The molecule has 0 spiro atoms. The Kier molecular flexibility index (Phi) is 8.88. The summed E-state index contributed by atoms with van der Waals surface area (Å²) in [5, 5.41) is 2.98. The van der Waals surface area contributed by atoms with Crippen LogP contribution in [0.1, 0.15) is 54.9 Å². The van der Waals surface area contributed by atoms with Gasteiger partial charge in [-0.3, -0.25) is 9.59 Å². The molecule has 0 atom stereocenters. The number of carbonyl (C=O) groups is 2. The smallest absolute Gasteiger partial charge is 0.252 e. The molecule has 6 heteroatoms. The average Bonchev–Trinajstić information content (AvgIpc) is 2.83. The molecule has 1 N–H and O–H groups in total. The summed E-state index contributed by atoms with van der Waals surface area (Å²) >= 11 is 0. The fourth-order valence-electron chi connectivity index (χ4n) is 3.78. The summed E-state index contributed by atoms with van der Waals surface area (Å²) in [5.41, 5.74) is 1.92. The summed E-state index contributed by atoms with van der Waals surface area (Å²) in [5.74, 6) is 1.04. The molecule has 1 aromatic carbocycles. The number of rotatable bonds is 10. The van der Waals surface area contributed by atoms with E-state index in [1.165, 1.54) is 5.56 Å². The van der Waals surface area contributed by atoms with Crippen LogP contribution in [0.5, 0.6) is 0 Å². The van der Waals surface area contributed by atoms with Gasteiger partial charge in [-0.15, -0.1) is 0 Å². The minimum atomic E-state index is -0.0786. The molecule has 1 aromatic heterocycles. The predicted molar refractivity (Wildman–Crippen MR) is 124 cm³/mol. The number of pyridine rings is 1. The highest BCUT2D eigenvalue weighted by Gasteiger charge is 2.21. The van der Waals surface area contributed by atoms with E-state index in [-0.39, 0.29) is 11.8 Å². The van der Waals surface area contributed by atoms with E-state index in [1.807, 2.05) is 23.1 Å². The molecule has 6 nitrogen and oxygen atoms in total. The number of carbonyl (C=O) groups excluding carboxylic acids is 2. The van der Waals surface area contributed by atoms with Gasteiger partial charge in [0.2, 0.25) is 5.91 Å². The number of anilines is 1. The summed E-state index contributed by atoms with van der Waals surface area (Å²) in [6.07, 6.45) is 7.32. The van der Waals surface area contributed by atoms with Crippen LogP contribution in [0.2, 0.25) is 0 Å². The number of hydrogen-bond acceptors (Lipinski definition) is 4. The Morgan fingerprint density at radius 3 is 2.42 bits per heavy atom. The number of aromatic nitrogens is 1. The first-order chi connectivity index (χ1) is 15.2. The fraction of sp³-hybridized carbons (Fsp3) is 0.480. The second kappa shape index (κ2) is 12.1.